The van der Waals surface area contributed by atoms with E-state index in [4.69, 9.17) is 0 Å². The molecule has 0 saturated heterocycles. The number of nitrogens with one attached hydrogen (secondary N) is 1. The largest absolute Gasteiger partial charge is 0.352 e. The van der Waals surface area contributed by atoms with Crippen LogP contribution >= 0.6 is 0 Å². The van der Waals surface area contributed by atoms with Crippen molar-refractivity contribution in [2.45, 2.75) is 58.0 Å². The Hall–Kier alpha value is -2.43. The third-order valence-corrected chi connectivity index (χ3v) is 4.73. The summed E-state index contributed by atoms with van der Waals surface area (Å²) in [6, 6.07) is 11.3. The second-order valence-corrected chi connectivity index (χ2v) is 6.62. The first-order valence-electron chi connectivity index (χ1n) is 9.13. The number of rotatable bonds is 5. The number of carbonyl (C=O) groups excluding carboxylic acids is 1. The predicted molar refractivity (Wildman–Crippen MR) is 98.3 cm³/mol. The Morgan fingerprint density at radius 3 is 2.60 bits per heavy atom. The minimum atomic E-state index is -0.176. The summed E-state index contributed by atoms with van der Waals surface area (Å²) in [5.74, 6) is 0.445. The van der Waals surface area contributed by atoms with Crippen LogP contribution in [-0.4, -0.2) is 21.5 Å². The van der Waals surface area contributed by atoms with Gasteiger partial charge < -0.3 is 5.32 Å². The molecule has 1 aliphatic rings. The molecule has 0 bridgehead atoms. The lowest BCUT2D eigenvalue weighted by molar-refractivity contribution is -0.122. The van der Waals surface area contributed by atoms with Gasteiger partial charge in [-0.15, -0.1) is 0 Å². The maximum absolute atomic E-state index is 12.6. The average molecular weight is 339 g/mol. The van der Waals surface area contributed by atoms with E-state index in [1.165, 1.54) is 17.1 Å². The van der Waals surface area contributed by atoms with Crippen molar-refractivity contribution in [3.05, 3.63) is 52.4 Å². The molecule has 0 unspecified atom stereocenters. The minimum absolute atomic E-state index is 0.0105. The molecule has 1 N–H and O–H groups in total. The maximum atomic E-state index is 12.6. The SMILES string of the molecule is CCc1cc(=O)n(CC(=O)NC2CCCCC2)c(-c2ccccc2)n1. The van der Waals surface area contributed by atoms with Crippen molar-refractivity contribution in [3.8, 4) is 11.4 Å². The molecule has 132 valence electrons. The van der Waals surface area contributed by atoms with E-state index < -0.39 is 0 Å². The van der Waals surface area contributed by atoms with Gasteiger partial charge in [0, 0.05) is 23.4 Å². The van der Waals surface area contributed by atoms with E-state index in [-0.39, 0.29) is 24.1 Å². The van der Waals surface area contributed by atoms with Crippen LogP contribution in [0.2, 0.25) is 0 Å². The minimum Gasteiger partial charge on any atom is -0.352 e. The molecular weight excluding hydrogens is 314 g/mol. The topological polar surface area (TPSA) is 64.0 Å². The molecule has 1 aromatic carbocycles. The highest BCUT2D eigenvalue weighted by atomic mass is 16.2. The normalized spacial score (nSPS) is 15.1. The predicted octanol–water partition coefficient (Wildman–Crippen LogP) is 2.92. The van der Waals surface area contributed by atoms with Crippen LogP contribution < -0.4 is 10.9 Å². The zero-order valence-corrected chi connectivity index (χ0v) is 14.7. The number of nitrogens with zero attached hydrogens (tertiary/aromatic N) is 2. The molecule has 5 heteroatoms. The van der Waals surface area contributed by atoms with E-state index in [1.807, 2.05) is 37.3 Å². The van der Waals surface area contributed by atoms with E-state index >= 15 is 0 Å². The molecule has 1 aliphatic carbocycles. The molecule has 0 aliphatic heterocycles. The molecule has 1 saturated carbocycles. The number of hydrogen-bond donors (Lipinski definition) is 1. The van der Waals surface area contributed by atoms with Crippen molar-refractivity contribution < 1.29 is 4.79 Å². The number of hydrogen-bond acceptors (Lipinski definition) is 3. The van der Waals surface area contributed by atoms with E-state index in [9.17, 15) is 9.59 Å². The summed E-state index contributed by atoms with van der Waals surface area (Å²) < 4.78 is 1.48. The molecular formula is C20H25N3O2. The van der Waals surface area contributed by atoms with Gasteiger partial charge in [0.05, 0.1) is 0 Å². The second-order valence-electron chi connectivity index (χ2n) is 6.62. The Morgan fingerprint density at radius 2 is 1.92 bits per heavy atom. The summed E-state index contributed by atoms with van der Waals surface area (Å²) in [6.45, 7) is 1.98. The molecule has 0 atom stereocenters. The van der Waals surface area contributed by atoms with E-state index in [0.29, 0.717) is 12.2 Å². The smallest absolute Gasteiger partial charge is 0.254 e. The van der Waals surface area contributed by atoms with Crippen LogP contribution in [-0.2, 0) is 17.8 Å². The van der Waals surface area contributed by atoms with E-state index in [1.54, 1.807) is 0 Å². The van der Waals surface area contributed by atoms with Crippen LogP contribution in [0.15, 0.2) is 41.2 Å². The van der Waals surface area contributed by atoms with Crippen LogP contribution in [0.25, 0.3) is 11.4 Å². The van der Waals surface area contributed by atoms with Crippen LogP contribution in [0.3, 0.4) is 0 Å². The maximum Gasteiger partial charge on any atom is 0.254 e. The van der Waals surface area contributed by atoms with Crippen molar-refractivity contribution in [2.75, 3.05) is 0 Å². The van der Waals surface area contributed by atoms with Gasteiger partial charge in [-0.3, -0.25) is 14.2 Å². The highest BCUT2D eigenvalue weighted by Gasteiger charge is 2.18. The fourth-order valence-electron chi connectivity index (χ4n) is 3.36. The molecule has 1 aromatic heterocycles. The van der Waals surface area contributed by atoms with Gasteiger partial charge in [0.1, 0.15) is 12.4 Å². The summed E-state index contributed by atoms with van der Waals surface area (Å²) in [5.41, 5.74) is 1.41. The summed E-state index contributed by atoms with van der Waals surface area (Å²) in [4.78, 5) is 29.6. The number of aromatic nitrogens is 2. The zero-order valence-electron chi connectivity index (χ0n) is 14.7. The van der Waals surface area contributed by atoms with E-state index in [2.05, 4.69) is 10.3 Å². The van der Waals surface area contributed by atoms with Crippen LogP contribution in [0.1, 0.15) is 44.7 Å². The van der Waals surface area contributed by atoms with Crippen LogP contribution in [0.4, 0.5) is 0 Å². The highest BCUT2D eigenvalue weighted by Crippen LogP contribution is 2.18. The number of aryl methyl sites for hydroxylation is 1. The van der Waals surface area contributed by atoms with Gasteiger partial charge >= 0.3 is 0 Å². The summed E-state index contributed by atoms with van der Waals surface area (Å²) in [7, 11) is 0. The molecule has 0 radical (unpaired) electrons. The summed E-state index contributed by atoms with van der Waals surface area (Å²) in [6.07, 6.45) is 6.30. The molecule has 1 amide bonds. The molecule has 1 heterocycles. The first-order chi connectivity index (χ1) is 12.2. The fourth-order valence-corrected chi connectivity index (χ4v) is 3.36. The number of benzene rings is 1. The average Bonchev–Trinajstić information content (AvgIpc) is 2.64. The Kier molecular flexibility index (Phi) is 5.64. The van der Waals surface area contributed by atoms with Crippen molar-refractivity contribution in [1.82, 2.24) is 14.9 Å². The first-order valence-corrected chi connectivity index (χ1v) is 9.13. The summed E-state index contributed by atoms with van der Waals surface area (Å²) >= 11 is 0. The van der Waals surface area contributed by atoms with Gasteiger partial charge in [0.2, 0.25) is 5.91 Å². The van der Waals surface area contributed by atoms with Crippen molar-refractivity contribution in [2.24, 2.45) is 0 Å². The molecule has 1 fully saturated rings. The third-order valence-electron chi connectivity index (χ3n) is 4.73. The van der Waals surface area contributed by atoms with Gasteiger partial charge in [-0.25, -0.2) is 4.98 Å². The Balaban J connectivity index is 1.86. The molecule has 2 aromatic rings. The van der Waals surface area contributed by atoms with Crippen molar-refractivity contribution in [3.63, 3.8) is 0 Å². The van der Waals surface area contributed by atoms with Gasteiger partial charge in [-0.2, -0.15) is 0 Å². The zero-order chi connectivity index (χ0) is 17.6. The lowest BCUT2D eigenvalue weighted by Crippen LogP contribution is -2.40. The Morgan fingerprint density at radius 1 is 1.20 bits per heavy atom. The molecule has 25 heavy (non-hydrogen) atoms. The van der Waals surface area contributed by atoms with Crippen LogP contribution in [0, 0.1) is 0 Å². The van der Waals surface area contributed by atoms with Gasteiger partial charge in [-0.05, 0) is 19.3 Å². The summed E-state index contributed by atoms with van der Waals surface area (Å²) in [5, 5.41) is 3.08. The van der Waals surface area contributed by atoms with Crippen molar-refractivity contribution in [1.29, 1.82) is 0 Å². The second kappa shape index (κ2) is 8.10. The lowest BCUT2D eigenvalue weighted by atomic mass is 9.95. The fraction of sp³-hybridized carbons (Fsp3) is 0.450. The third kappa shape index (κ3) is 4.35. The standard InChI is InChI=1S/C20H25N3O2/c1-2-16-13-19(25)23(20(22-16)15-9-5-3-6-10-15)14-18(24)21-17-11-7-4-8-12-17/h3,5-6,9-10,13,17H,2,4,7-8,11-12,14H2,1H3,(H,21,24). The van der Waals surface area contributed by atoms with Crippen molar-refractivity contribution >= 4 is 5.91 Å². The molecule has 0 spiro atoms. The quantitative estimate of drug-likeness (QED) is 0.911. The Bertz CT molecular complexity index is 777. The van der Waals surface area contributed by atoms with Gasteiger partial charge in [0.15, 0.2) is 0 Å². The van der Waals surface area contributed by atoms with Gasteiger partial charge in [0.25, 0.3) is 5.56 Å². The monoisotopic (exact) mass is 339 g/mol. The molecule has 3 rings (SSSR count). The van der Waals surface area contributed by atoms with Crippen LogP contribution in [0.5, 0.6) is 0 Å². The number of carbonyl (C=O) groups is 1. The Labute approximate surface area is 148 Å². The first kappa shape index (κ1) is 17.4. The van der Waals surface area contributed by atoms with Gasteiger partial charge in [-0.1, -0.05) is 56.5 Å². The molecule has 5 nitrogen and oxygen atoms in total. The number of amides is 1. The van der Waals surface area contributed by atoms with E-state index in [0.717, 1.165) is 36.9 Å². The highest BCUT2D eigenvalue weighted by molar-refractivity contribution is 5.76. The lowest BCUT2D eigenvalue weighted by Gasteiger charge is -2.23.